The maximum Gasteiger partial charge on any atom is 0.220 e. The Morgan fingerprint density at radius 1 is 0.357 bits per heavy atom. The maximum atomic E-state index is 13.6. The largest absolute Gasteiger partial charge is 0.394 e. The van der Waals surface area contributed by atoms with E-state index >= 15 is 0 Å². The van der Waals surface area contributed by atoms with Gasteiger partial charge in [-0.05, 0) is 26.2 Å². The Bertz CT molecular complexity index is 2650. The summed E-state index contributed by atoms with van der Waals surface area (Å²) in [7, 11) is 0. The lowest BCUT2D eigenvalue weighted by Gasteiger charge is -2.51. The molecule has 0 aromatic rings. The van der Waals surface area contributed by atoms with E-state index < -0.39 is 248 Å². The second-order valence-electron chi connectivity index (χ2n) is 32.1. The molecule has 115 heavy (non-hydrogen) atoms. The summed E-state index contributed by atoms with van der Waals surface area (Å²) in [5.41, 5.74) is 0. The summed E-state index contributed by atoms with van der Waals surface area (Å²) in [6.07, 6.45) is -13.7. The monoisotopic (exact) mass is 1660 g/mol. The van der Waals surface area contributed by atoms with Gasteiger partial charge in [0.2, 0.25) is 17.7 Å². The number of ether oxygens (including phenoxy) is 12. The number of aliphatic hydroxyl groups excluding tert-OH is 17. The molecule has 20 N–H and O–H groups in total. The van der Waals surface area contributed by atoms with Crippen molar-refractivity contribution in [2.75, 3.05) is 39.6 Å². The molecule has 6 aliphatic heterocycles. The minimum atomic E-state index is -2.26. The van der Waals surface area contributed by atoms with Gasteiger partial charge in [-0.1, -0.05) is 206 Å². The molecule has 0 aliphatic carbocycles. The van der Waals surface area contributed by atoms with Crippen LogP contribution in [0.4, 0.5) is 0 Å². The van der Waals surface area contributed by atoms with Crippen LogP contribution >= 0.6 is 0 Å². The summed E-state index contributed by atoms with van der Waals surface area (Å²) in [5, 5.41) is 198. The van der Waals surface area contributed by atoms with Crippen molar-refractivity contribution in [3.8, 4) is 0 Å². The third-order valence-corrected chi connectivity index (χ3v) is 22.7. The molecule has 6 fully saturated rings. The molecule has 6 heterocycles. The standard InChI is InChI=1S/C80H145N3O32/c1-6-8-10-12-14-16-18-20-21-22-23-24-25-27-29-31-33-35-37-39-56(92)83-49(50(91)38-36-34-32-30-28-26-19-17-15-13-11-9-7-2)45-104-77-67(101)64(98)71(54(43-87)109-77)112-79-68(102)65(99)70(55(44-88)110-79)111-75-57(81-47(4)89)73(61(95)51(40-84)106-75)114-80-69(103)74(62(96)53(42-86)108-80)115-76-58(82-48(5)90)72(60(94)52(41-85)107-76)113-78-66(100)63(97)59(93)46(3)105-78/h36,38,46,49-55,57-80,84-88,91,93-103H,6-35,37,39-45H2,1-5H3,(H,81,89)(H,82,90)(H,83,92)/b38-36+/t46?,49-,50+,51?,52?,53?,54?,55?,57?,58?,59+,60+,61-,62-,63?,64+,65+,66-,67?,68?,69?,70-,71+,72+,73+,74-,75-,76-,77+,78+,79-,80-/m0/s1. The van der Waals surface area contributed by atoms with Crippen LogP contribution in [0.15, 0.2) is 12.2 Å². The van der Waals surface area contributed by atoms with E-state index in [1.807, 2.05) is 6.08 Å². The number of carbonyl (C=O) groups is 3. The lowest BCUT2D eigenvalue weighted by Crippen LogP contribution is -2.71. The molecule has 0 bridgehead atoms. The molecular weight excluding hydrogens is 1510 g/mol. The average molecular weight is 1660 g/mol. The fraction of sp³-hybridized carbons (Fsp3) is 0.938. The first-order chi connectivity index (χ1) is 55.3. The number of hydrogen-bond acceptors (Lipinski definition) is 32. The number of hydrogen-bond donors (Lipinski definition) is 20. The van der Waals surface area contributed by atoms with Crippen molar-refractivity contribution in [1.82, 2.24) is 16.0 Å². The van der Waals surface area contributed by atoms with Crippen LogP contribution in [-0.2, 0) is 71.2 Å². The first kappa shape index (κ1) is 101. The van der Waals surface area contributed by atoms with E-state index in [1.54, 1.807) is 6.08 Å². The highest BCUT2D eigenvalue weighted by Crippen LogP contribution is 2.38. The van der Waals surface area contributed by atoms with Gasteiger partial charge in [0.1, 0.15) is 140 Å². The SMILES string of the molecule is CCCCCCCCCCCCC/C=C/[C@@H](O)[C@H](CO[C@@H]1OC(CO)[C@@H](O[C@@H]2OC(CO)[C@H](O[C@@H]3OC(CO)[C@H](O)[C@H](O[C@@H]4OC(CO)[C@H](O)[C@H](O[C@@H]5OC(CO)[C@@H](O)[C@H](O[C@H]6OC(C)[C@@H](O)C(O)[C@@H]6O)C5NC(C)=O)C4O)C3NC(C)=O)[C@H](O)C2O)[C@H](O)C1O)NC(=O)CCCCCCCCCCCCCCCCCCCCC. The van der Waals surface area contributed by atoms with E-state index in [1.165, 1.54) is 142 Å². The molecule has 0 aromatic heterocycles. The quantitative estimate of drug-likeness (QED) is 0.0285. The Kier molecular flexibility index (Phi) is 47.8. The maximum absolute atomic E-state index is 13.6. The van der Waals surface area contributed by atoms with Gasteiger partial charge in [-0.3, -0.25) is 14.4 Å². The normalized spacial score (nSPS) is 36.5. The van der Waals surface area contributed by atoms with Gasteiger partial charge in [0, 0.05) is 20.3 Å². The molecule has 6 rings (SSSR count). The number of amides is 3. The minimum absolute atomic E-state index is 0.183. The van der Waals surface area contributed by atoms with E-state index in [0.717, 1.165) is 65.2 Å². The van der Waals surface area contributed by atoms with E-state index in [9.17, 15) is 101 Å². The molecule has 12 unspecified atom stereocenters. The van der Waals surface area contributed by atoms with Crippen molar-refractivity contribution in [2.24, 2.45) is 0 Å². The zero-order valence-electron chi connectivity index (χ0n) is 68.2. The average Bonchev–Trinajstić information content (AvgIpc) is 0.768. The molecule has 0 radical (unpaired) electrons. The Balaban J connectivity index is 1.07. The second kappa shape index (κ2) is 54.5. The highest BCUT2D eigenvalue weighted by Gasteiger charge is 2.59. The van der Waals surface area contributed by atoms with Gasteiger partial charge in [-0.2, -0.15) is 0 Å². The summed E-state index contributed by atoms with van der Waals surface area (Å²) in [6, 6.07) is -4.57. The van der Waals surface area contributed by atoms with Gasteiger partial charge < -0.3 is 160 Å². The van der Waals surface area contributed by atoms with E-state index in [-0.39, 0.29) is 12.3 Å². The second-order valence-corrected chi connectivity index (χ2v) is 32.1. The zero-order valence-corrected chi connectivity index (χ0v) is 68.2. The molecule has 35 nitrogen and oxygen atoms in total. The number of rotatable bonds is 55. The van der Waals surface area contributed by atoms with E-state index in [4.69, 9.17) is 56.8 Å². The molecular formula is C80H145N3O32. The Hall–Kier alpha value is -3.01. The van der Waals surface area contributed by atoms with Crippen LogP contribution in [0, 0.1) is 0 Å². The highest BCUT2D eigenvalue weighted by molar-refractivity contribution is 5.76. The predicted octanol–water partition coefficient (Wildman–Crippen LogP) is 0.164. The molecule has 32 atom stereocenters. The van der Waals surface area contributed by atoms with Crippen molar-refractivity contribution in [3.05, 3.63) is 12.2 Å². The molecule has 0 spiro atoms. The molecule has 35 heteroatoms. The van der Waals surface area contributed by atoms with Crippen molar-refractivity contribution in [1.29, 1.82) is 0 Å². The molecule has 0 aromatic carbocycles. The van der Waals surface area contributed by atoms with Crippen LogP contribution in [0.3, 0.4) is 0 Å². The highest BCUT2D eigenvalue weighted by atomic mass is 16.8. The zero-order chi connectivity index (χ0) is 84.1. The molecule has 6 aliphatic rings. The lowest BCUT2D eigenvalue weighted by molar-refractivity contribution is -0.385. The van der Waals surface area contributed by atoms with Crippen LogP contribution in [0.2, 0.25) is 0 Å². The predicted molar refractivity (Wildman–Crippen MR) is 411 cm³/mol. The van der Waals surface area contributed by atoms with Gasteiger partial charge in [0.15, 0.2) is 37.7 Å². The van der Waals surface area contributed by atoms with Gasteiger partial charge >= 0.3 is 0 Å². The van der Waals surface area contributed by atoms with Gasteiger partial charge in [-0.15, -0.1) is 0 Å². The number of unbranched alkanes of at least 4 members (excludes halogenated alkanes) is 29. The molecule has 0 saturated carbocycles. The van der Waals surface area contributed by atoms with Crippen molar-refractivity contribution in [2.45, 2.75) is 436 Å². The fourth-order valence-electron chi connectivity index (χ4n) is 15.7. The minimum Gasteiger partial charge on any atom is -0.394 e. The Morgan fingerprint density at radius 2 is 0.678 bits per heavy atom. The first-order valence-electron chi connectivity index (χ1n) is 42.8. The summed E-state index contributed by atoms with van der Waals surface area (Å²) in [5.74, 6) is -2.01. The van der Waals surface area contributed by atoms with Crippen LogP contribution in [0.25, 0.3) is 0 Å². The van der Waals surface area contributed by atoms with Crippen LogP contribution in [0.1, 0.15) is 240 Å². The fourth-order valence-corrected chi connectivity index (χ4v) is 15.7. The van der Waals surface area contributed by atoms with E-state index in [0.29, 0.717) is 12.8 Å². The molecule has 3 amide bonds. The van der Waals surface area contributed by atoms with Gasteiger partial charge in [-0.25, -0.2) is 0 Å². The topological polar surface area (TPSA) is 542 Å². The first-order valence-corrected chi connectivity index (χ1v) is 42.8. The van der Waals surface area contributed by atoms with Crippen molar-refractivity contribution >= 4 is 17.7 Å². The van der Waals surface area contributed by atoms with Crippen LogP contribution in [-0.4, -0.2) is 340 Å². The smallest absolute Gasteiger partial charge is 0.220 e. The van der Waals surface area contributed by atoms with Crippen LogP contribution < -0.4 is 16.0 Å². The Labute approximate surface area is 677 Å². The van der Waals surface area contributed by atoms with Crippen LogP contribution in [0.5, 0.6) is 0 Å². The lowest BCUT2D eigenvalue weighted by atomic mass is 9.93. The molecule has 6 saturated heterocycles. The van der Waals surface area contributed by atoms with E-state index in [2.05, 4.69) is 29.8 Å². The number of carbonyl (C=O) groups excluding carboxylic acids is 3. The summed E-state index contributed by atoms with van der Waals surface area (Å²) >= 11 is 0. The van der Waals surface area contributed by atoms with Gasteiger partial charge in [0.25, 0.3) is 0 Å². The Morgan fingerprint density at radius 3 is 1.10 bits per heavy atom. The van der Waals surface area contributed by atoms with Crippen molar-refractivity contribution < 1.29 is 158 Å². The number of nitrogens with one attached hydrogen (secondary N) is 3. The number of aliphatic hydroxyl groups is 17. The third kappa shape index (κ3) is 31.7. The van der Waals surface area contributed by atoms with Gasteiger partial charge in [0.05, 0.1) is 57.9 Å². The summed E-state index contributed by atoms with van der Waals surface area (Å²) in [6.45, 7) is 2.42. The van der Waals surface area contributed by atoms with Crippen molar-refractivity contribution in [3.63, 3.8) is 0 Å². The number of allylic oxidation sites excluding steroid dienone is 1. The third-order valence-electron chi connectivity index (χ3n) is 22.7. The molecule has 672 valence electrons. The summed E-state index contributed by atoms with van der Waals surface area (Å²) in [4.78, 5) is 39.4. The summed E-state index contributed by atoms with van der Waals surface area (Å²) < 4.78 is 71.4.